The van der Waals surface area contributed by atoms with Crippen LogP contribution < -0.4 is 9.03 Å². The fourth-order valence-corrected chi connectivity index (χ4v) is 6.69. The number of sulfonamides is 2. The van der Waals surface area contributed by atoms with Crippen molar-refractivity contribution in [1.29, 1.82) is 0 Å². The van der Waals surface area contributed by atoms with E-state index in [1.165, 1.54) is 4.31 Å². The van der Waals surface area contributed by atoms with E-state index < -0.39 is 20.0 Å². The molecule has 9 heteroatoms. The van der Waals surface area contributed by atoms with Gasteiger partial charge in [0.25, 0.3) is 10.0 Å². The van der Waals surface area contributed by atoms with E-state index in [9.17, 15) is 16.8 Å². The van der Waals surface area contributed by atoms with Gasteiger partial charge in [0, 0.05) is 17.3 Å². The molecule has 0 aliphatic carbocycles. The molecular weight excluding hydrogens is 456 g/mol. The second-order valence-electron chi connectivity index (χ2n) is 7.29. The molecule has 0 spiro atoms. The standard InChI is InChI=1S/C22H21ClN2O4S2/c23-21-11-5-4-7-18(21)16-30(26,27)24-19-12-13-22-17(15-19)8-6-14-25(22)31(28,29)20-9-2-1-3-10-20/h1-5,7,9-13,15,24H,6,8,14,16H2. The van der Waals surface area contributed by atoms with Crippen molar-refractivity contribution >= 4 is 43.0 Å². The van der Waals surface area contributed by atoms with E-state index in [1.807, 2.05) is 0 Å². The minimum absolute atomic E-state index is 0.229. The van der Waals surface area contributed by atoms with Crippen LogP contribution in [0.5, 0.6) is 0 Å². The zero-order chi connectivity index (χ0) is 22.1. The summed E-state index contributed by atoms with van der Waals surface area (Å²) in [6.07, 6.45) is 1.31. The van der Waals surface area contributed by atoms with Crippen LogP contribution in [0.2, 0.25) is 5.02 Å². The average Bonchev–Trinajstić information content (AvgIpc) is 2.75. The molecule has 0 unspecified atom stereocenters. The zero-order valence-corrected chi connectivity index (χ0v) is 18.9. The highest BCUT2D eigenvalue weighted by molar-refractivity contribution is 7.93. The number of halogens is 1. The first kappa shape index (κ1) is 21.7. The van der Waals surface area contributed by atoms with Crippen LogP contribution >= 0.6 is 11.6 Å². The Labute approximate surface area is 187 Å². The first-order chi connectivity index (χ1) is 14.8. The molecule has 0 bridgehead atoms. The number of fused-ring (bicyclic) bond motifs is 1. The number of hydrogen-bond acceptors (Lipinski definition) is 4. The summed E-state index contributed by atoms with van der Waals surface area (Å²) >= 11 is 6.08. The zero-order valence-electron chi connectivity index (χ0n) is 16.5. The fraction of sp³-hybridized carbons (Fsp3) is 0.182. The number of hydrogen-bond donors (Lipinski definition) is 1. The Kier molecular flexibility index (Phi) is 5.96. The van der Waals surface area contributed by atoms with Crippen LogP contribution in [0.3, 0.4) is 0 Å². The van der Waals surface area contributed by atoms with Gasteiger partial charge in [-0.25, -0.2) is 16.8 Å². The van der Waals surface area contributed by atoms with E-state index >= 15 is 0 Å². The van der Waals surface area contributed by atoms with Crippen molar-refractivity contribution in [3.8, 4) is 0 Å². The maximum atomic E-state index is 13.1. The molecule has 1 aliphatic heterocycles. The van der Waals surface area contributed by atoms with Gasteiger partial charge in [-0.15, -0.1) is 0 Å². The van der Waals surface area contributed by atoms with Gasteiger partial charge in [-0.3, -0.25) is 9.03 Å². The van der Waals surface area contributed by atoms with Gasteiger partial charge in [0.2, 0.25) is 10.0 Å². The smallest absolute Gasteiger partial charge is 0.264 e. The van der Waals surface area contributed by atoms with Crippen molar-refractivity contribution in [3.05, 3.63) is 88.9 Å². The second kappa shape index (κ2) is 8.53. The van der Waals surface area contributed by atoms with Crippen LogP contribution in [0.1, 0.15) is 17.5 Å². The van der Waals surface area contributed by atoms with Crippen LogP contribution in [-0.4, -0.2) is 23.4 Å². The lowest BCUT2D eigenvalue weighted by Crippen LogP contribution is -2.35. The molecule has 3 aromatic rings. The molecule has 31 heavy (non-hydrogen) atoms. The minimum Gasteiger partial charge on any atom is -0.283 e. The number of rotatable bonds is 6. The van der Waals surface area contributed by atoms with Crippen molar-refractivity contribution in [1.82, 2.24) is 0 Å². The topological polar surface area (TPSA) is 83.6 Å². The van der Waals surface area contributed by atoms with Crippen molar-refractivity contribution < 1.29 is 16.8 Å². The highest BCUT2D eigenvalue weighted by atomic mass is 35.5. The number of aryl methyl sites for hydroxylation is 1. The number of anilines is 2. The van der Waals surface area contributed by atoms with Crippen LogP contribution in [0.4, 0.5) is 11.4 Å². The predicted octanol–water partition coefficient (Wildman–Crippen LogP) is 4.42. The molecule has 0 aromatic heterocycles. The summed E-state index contributed by atoms with van der Waals surface area (Å²) in [7, 11) is -7.38. The van der Waals surface area contributed by atoms with Gasteiger partial charge in [0.1, 0.15) is 0 Å². The second-order valence-corrected chi connectivity index (χ2v) is 11.3. The molecule has 4 rings (SSSR count). The molecule has 0 radical (unpaired) electrons. The molecule has 0 atom stereocenters. The summed E-state index contributed by atoms with van der Waals surface area (Å²) in [6, 6.07) is 20.0. The third-order valence-corrected chi connectivity index (χ3v) is 8.50. The number of nitrogens with one attached hydrogen (secondary N) is 1. The fourth-order valence-electron chi connectivity index (χ4n) is 3.63. The van der Waals surface area contributed by atoms with Gasteiger partial charge in [0.15, 0.2) is 0 Å². The van der Waals surface area contributed by atoms with E-state index in [1.54, 1.807) is 72.8 Å². The van der Waals surface area contributed by atoms with Gasteiger partial charge in [-0.1, -0.05) is 48.0 Å². The molecule has 3 aromatic carbocycles. The molecule has 1 heterocycles. The Bertz CT molecular complexity index is 1310. The lowest BCUT2D eigenvalue weighted by atomic mass is 10.0. The summed E-state index contributed by atoms with van der Waals surface area (Å²) in [5.41, 5.74) is 2.26. The minimum atomic E-state index is -3.69. The van der Waals surface area contributed by atoms with Crippen LogP contribution in [0.15, 0.2) is 77.7 Å². The maximum Gasteiger partial charge on any atom is 0.264 e. The highest BCUT2D eigenvalue weighted by Crippen LogP contribution is 2.34. The normalized spacial score (nSPS) is 14.2. The summed E-state index contributed by atoms with van der Waals surface area (Å²) in [4.78, 5) is 0.229. The average molecular weight is 477 g/mol. The van der Waals surface area contributed by atoms with Crippen LogP contribution in [-0.2, 0) is 32.2 Å². The first-order valence-corrected chi connectivity index (χ1v) is 13.2. The lowest BCUT2D eigenvalue weighted by Gasteiger charge is -2.31. The number of nitrogens with zero attached hydrogens (tertiary/aromatic N) is 1. The monoisotopic (exact) mass is 476 g/mol. The van der Waals surface area contributed by atoms with Gasteiger partial charge in [0.05, 0.1) is 16.3 Å². The van der Waals surface area contributed by atoms with E-state index in [2.05, 4.69) is 4.72 Å². The third-order valence-electron chi connectivity index (χ3n) is 5.06. The molecule has 1 aliphatic rings. The van der Waals surface area contributed by atoms with E-state index in [-0.39, 0.29) is 10.6 Å². The Hall–Kier alpha value is -2.55. The van der Waals surface area contributed by atoms with Gasteiger partial charge >= 0.3 is 0 Å². The van der Waals surface area contributed by atoms with Crippen LogP contribution in [0, 0.1) is 0 Å². The third kappa shape index (κ3) is 4.71. The highest BCUT2D eigenvalue weighted by Gasteiger charge is 2.29. The van der Waals surface area contributed by atoms with E-state index in [4.69, 9.17) is 11.6 Å². The predicted molar refractivity (Wildman–Crippen MR) is 123 cm³/mol. The maximum absolute atomic E-state index is 13.1. The largest absolute Gasteiger partial charge is 0.283 e. The Morgan fingerprint density at radius 1 is 0.903 bits per heavy atom. The molecular formula is C22H21ClN2O4S2. The molecule has 162 valence electrons. The SMILES string of the molecule is O=S(=O)(Cc1ccccc1Cl)Nc1ccc2c(c1)CCCN2S(=O)(=O)c1ccccc1. The summed E-state index contributed by atoms with van der Waals surface area (Å²) in [5, 5.41) is 0.389. The molecule has 0 fully saturated rings. The summed E-state index contributed by atoms with van der Waals surface area (Å²) < 4.78 is 55.4. The quantitative estimate of drug-likeness (QED) is 0.570. The number of benzene rings is 3. The Morgan fingerprint density at radius 3 is 2.35 bits per heavy atom. The molecule has 0 saturated carbocycles. The van der Waals surface area contributed by atoms with Gasteiger partial charge in [-0.05, 0) is 60.4 Å². The lowest BCUT2D eigenvalue weighted by molar-refractivity contribution is 0.586. The van der Waals surface area contributed by atoms with E-state index in [0.717, 1.165) is 5.56 Å². The molecule has 6 nitrogen and oxygen atoms in total. The Morgan fingerprint density at radius 2 is 1.61 bits per heavy atom. The summed E-state index contributed by atoms with van der Waals surface area (Å²) in [5.74, 6) is -0.252. The van der Waals surface area contributed by atoms with Crippen molar-refractivity contribution in [2.75, 3.05) is 15.6 Å². The van der Waals surface area contributed by atoms with Gasteiger partial charge < -0.3 is 0 Å². The molecule has 0 amide bonds. The van der Waals surface area contributed by atoms with E-state index in [0.29, 0.717) is 41.3 Å². The van der Waals surface area contributed by atoms with Crippen molar-refractivity contribution in [2.24, 2.45) is 0 Å². The van der Waals surface area contributed by atoms with Crippen LogP contribution in [0.25, 0.3) is 0 Å². The van der Waals surface area contributed by atoms with Crippen molar-refractivity contribution in [2.45, 2.75) is 23.5 Å². The molecule has 1 N–H and O–H groups in total. The molecule has 0 saturated heterocycles. The van der Waals surface area contributed by atoms with Gasteiger partial charge in [-0.2, -0.15) is 0 Å². The van der Waals surface area contributed by atoms with Crippen molar-refractivity contribution in [3.63, 3.8) is 0 Å². The summed E-state index contributed by atoms with van der Waals surface area (Å²) in [6.45, 7) is 0.377. The Balaban J connectivity index is 1.60. The first-order valence-electron chi connectivity index (χ1n) is 9.71.